The molecule has 1 saturated heterocycles. The van der Waals surface area contributed by atoms with Gasteiger partial charge in [0.15, 0.2) is 0 Å². The van der Waals surface area contributed by atoms with Crippen molar-refractivity contribution >= 4 is 23.6 Å². The first-order valence-corrected chi connectivity index (χ1v) is 11.3. The number of ether oxygens (including phenoxy) is 1. The van der Waals surface area contributed by atoms with E-state index in [1.807, 2.05) is 55.0 Å². The van der Waals surface area contributed by atoms with E-state index in [1.54, 1.807) is 0 Å². The van der Waals surface area contributed by atoms with E-state index in [1.165, 1.54) is 31.0 Å². The Morgan fingerprint density at radius 2 is 1.93 bits per heavy atom. The van der Waals surface area contributed by atoms with Crippen LogP contribution in [0.5, 0.6) is 0 Å². The maximum Gasteiger partial charge on any atom is 0.255 e. The van der Waals surface area contributed by atoms with E-state index in [-0.39, 0.29) is 17.4 Å². The summed E-state index contributed by atoms with van der Waals surface area (Å²) in [6, 6.07) is 7.99. The van der Waals surface area contributed by atoms with Gasteiger partial charge in [0, 0.05) is 31.1 Å². The van der Waals surface area contributed by atoms with Gasteiger partial charge in [-0.25, -0.2) is 0 Å². The average molecular weight is 405 g/mol. The summed E-state index contributed by atoms with van der Waals surface area (Å²) in [5.41, 5.74) is 0.354. The van der Waals surface area contributed by atoms with E-state index in [0.29, 0.717) is 37.1 Å². The molecule has 154 valence electrons. The van der Waals surface area contributed by atoms with Crippen molar-refractivity contribution in [1.82, 2.24) is 9.80 Å². The topological polar surface area (TPSA) is 49.9 Å². The van der Waals surface area contributed by atoms with Crippen molar-refractivity contribution in [3.63, 3.8) is 0 Å². The SMILES string of the molecule is CN(C(=O)CSc1ccccc1C(=O)N1CCOC(C)(C)C1)C1CCCCC1. The molecule has 0 aromatic heterocycles. The third kappa shape index (κ3) is 5.29. The monoisotopic (exact) mass is 404 g/mol. The summed E-state index contributed by atoms with van der Waals surface area (Å²) >= 11 is 1.47. The van der Waals surface area contributed by atoms with Crippen LogP contribution in [0, 0.1) is 0 Å². The second-order valence-corrected chi connectivity index (χ2v) is 9.43. The Morgan fingerprint density at radius 1 is 1.21 bits per heavy atom. The molecule has 0 atom stereocenters. The smallest absolute Gasteiger partial charge is 0.255 e. The minimum Gasteiger partial charge on any atom is -0.372 e. The highest BCUT2D eigenvalue weighted by molar-refractivity contribution is 8.00. The molecule has 0 bridgehead atoms. The molecule has 1 heterocycles. The van der Waals surface area contributed by atoms with Gasteiger partial charge in [0.2, 0.25) is 5.91 Å². The van der Waals surface area contributed by atoms with Crippen LogP contribution in [0.2, 0.25) is 0 Å². The number of hydrogen-bond acceptors (Lipinski definition) is 4. The van der Waals surface area contributed by atoms with Gasteiger partial charge in [-0.15, -0.1) is 11.8 Å². The van der Waals surface area contributed by atoms with Gasteiger partial charge in [-0.05, 0) is 38.8 Å². The number of thioether (sulfide) groups is 1. The van der Waals surface area contributed by atoms with E-state index in [0.717, 1.165) is 17.7 Å². The largest absolute Gasteiger partial charge is 0.372 e. The first kappa shape index (κ1) is 21.2. The molecule has 0 N–H and O–H groups in total. The van der Waals surface area contributed by atoms with E-state index in [9.17, 15) is 9.59 Å². The average Bonchev–Trinajstić information content (AvgIpc) is 2.71. The van der Waals surface area contributed by atoms with E-state index in [4.69, 9.17) is 4.74 Å². The van der Waals surface area contributed by atoms with E-state index < -0.39 is 0 Å². The lowest BCUT2D eigenvalue weighted by Gasteiger charge is -2.38. The van der Waals surface area contributed by atoms with Crippen LogP contribution in [-0.4, -0.2) is 65.8 Å². The molecule has 1 aromatic carbocycles. The number of nitrogens with zero attached hydrogens (tertiary/aromatic N) is 2. The third-order valence-electron chi connectivity index (χ3n) is 5.70. The lowest BCUT2D eigenvalue weighted by Crippen LogP contribution is -2.50. The summed E-state index contributed by atoms with van der Waals surface area (Å²) in [5, 5.41) is 0. The van der Waals surface area contributed by atoms with Crippen molar-refractivity contribution in [2.45, 2.75) is 62.5 Å². The molecule has 28 heavy (non-hydrogen) atoms. The van der Waals surface area contributed by atoms with Crippen LogP contribution >= 0.6 is 11.8 Å². The van der Waals surface area contributed by atoms with Crippen LogP contribution in [-0.2, 0) is 9.53 Å². The lowest BCUT2D eigenvalue weighted by atomic mass is 9.94. The van der Waals surface area contributed by atoms with Crippen molar-refractivity contribution in [3.05, 3.63) is 29.8 Å². The molecule has 6 heteroatoms. The highest BCUT2D eigenvalue weighted by Crippen LogP contribution is 2.27. The summed E-state index contributed by atoms with van der Waals surface area (Å²) in [4.78, 5) is 30.4. The summed E-state index contributed by atoms with van der Waals surface area (Å²) in [6.07, 6.45) is 5.91. The lowest BCUT2D eigenvalue weighted by molar-refractivity contribution is -0.129. The van der Waals surface area contributed by atoms with Crippen LogP contribution in [0.15, 0.2) is 29.2 Å². The fraction of sp³-hybridized carbons (Fsp3) is 0.636. The van der Waals surface area contributed by atoms with Crippen LogP contribution in [0.25, 0.3) is 0 Å². The van der Waals surface area contributed by atoms with Gasteiger partial charge in [-0.1, -0.05) is 31.4 Å². The summed E-state index contributed by atoms with van der Waals surface area (Å²) < 4.78 is 5.73. The zero-order valence-electron chi connectivity index (χ0n) is 17.3. The van der Waals surface area contributed by atoms with Crippen molar-refractivity contribution in [3.8, 4) is 0 Å². The molecule has 1 aliphatic carbocycles. The van der Waals surface area contributed by atoms with Crippen LogP contribution in [0.1, 0.15) is 56.3 Å². The quantitative estimate of drug-likeness (QED) is 0.700. The zero-order chi connectivity index (χ0) is 20.1. The number of amides is 2. The number of benzene rings is 1. The number of morpholine rings is 1. The van der Waals surface area contributed by atoms with Crippen molar-refractivity contribution in [1.29, 1.82) is 0 Å². The highest BCUT2D eigenvalue weighted by atomic mass is 32.2. The number of hydrogen-bond donors (Lipinski definition) is 0. The maximum absolute atomic E-state index is 13.1. The summed E-state index contributed by atoms with van der Waals surface area (Å²) in [6.45, 7) is 5.75. The van der Waals surface area contributed by atoms with Gasteiger partial charge in [0.25, 0.3) is 5.91 Å². The Morgan fingerprint density at radius 3 is 2.64 bits per heavy atom. The molecular weight excluding hydrogens is 372 g/mol. The second-order valence-electron chi connectivity index (χ2n) is 8.42. The Kier molecular flexibility index (Phi) is 7.05. The third-order valence-corrected chi connectivity index (χ3v) is 6.76. The predicted molar refractivity (Wildman–Crippen MR) is 113 cm³/mol. The fourth-order valence-corrected chi connectivity index (χ4v) is 5.01. The van der Waals surface area contributed by atoms with Crippen LogP contribution in [0.3, 0.4) is 0 Å². The zero-order valence-corrected chi connectivity index (χ0v) is 18.1. The van der Waals surface area contributed by atoms with E-state index >= 15 is 0 Å². The molecule has 1 aliphatic heterocycles. The Bertz CT molecular complexity index is 701. The molecule has 5 nitrogen and oxygen atoms in total. The van der Waals surface area contributed by atoms with Crippen LogP contribution in [0.4, 0.5) is 0 Å². The molecule has 2 amide bonds. The van der Waals surface area contributed by atoms with Gasteiger partial charge in [0.05, 0.1) is 23.5 Å². The molecule has 0 unspecified atom stereocenters. The maximum atomic E-state index is 13.1. The van der Waals surface area contributed by atoms with Crippen molar-refractivity contribution in [2.75, 3.05) is 32.5 Å². The summed E-state index contributed by atoms with van der Waals surface area (Å²) in [7, 11) is 1.92. The number of rotatable bonds is 5. The second kappa shape index (κ2) is 9.31. The summed E-state index contributed by atoms with van der Waals surface area (Å²) in [5.74, 6) is 0.533. The number of carbonyl (C=O) groups is 2. The molecule has 1 saturated carbocycles. The predicted octanol–water partition coefficient (Wildman–Crippen LogP) is 3.82. The van der Waals surface area contributed by atoms with Gasteiger partial charge < -0.3 is 14.5 Å². The Labute approximate surface area is 172 Å². The van der Waals surface area contributed by atoms with Gasteiger partial charge in [-0.3, -0.25) is 9.59 Å². The van der Waals surface area contributed by atoms with E-state index in [2.05, 4.69) is 0 Å². The molecule has 0 spiro atoms. The molecule has 1 aromatic rings. The first-order chi connectivity index (χ1) is 13.4. The standard InChI is InChI=1S/C22H32N2O3S/c1-22(2)16-24(13-14-27-22)21(26)18-11-7-8-12-19(18)28-15-20(25)23(3)17-9-5-4-6-10-17/h7-8,11-12,17H,4-6,9-10,13-16H2,1-3H3. The van der Waals surface area contributed by atoms with Crippen LogP contribution < -0.4 is 0 Å². The molecule has 3 rings (SSSR count). The normalized spacial score (nSPS) is 20.0. The van der Waals surface area contributed by atoms with Gasteiger partial charge in [0.1, 0.15) is 0 Å². The molecule has 2 fully saturated rings. The van der Waals surface area contributed by atoms with Crippen molar-refractivity contribution in [2.24, 2.45) is 0 Å². The van der Waals surface area contributed by atoms with Gasteiger partial charge in [-0.2, -0.15) is 0 Å². The highest BCUT2D eigenvalue weighted by Gasteiger charge is 2.31. The fourth-order valence-electron chi connectivity index (χ4n) is 4.04. The van der Waals surface area contributed by atoms with Gasteiger partial charge >= 0.3 is 0 Å². The molecular formula is C22H32N2O3S. The first-order valence-electron chi connectivity index (χ1n) is 10.3. The van der Waals surface area contributed by atoms with Crippen molar-refractivity contribution < 1.29 is 14.3 Å². The number of carbonyl (C=O) groups excluding carboxylic acids is 2. The Hall–Kier alpha value is -1.53. The molecule has 2 aliphatic rings. The minimum absolute atomic E-state index is 0.0209. The minimum atomic E-state index is -0.325. The molecule has 0 radical (unpaired) electrons. The Balaban J connectivity index is 1.63.